The van der Waals surface area contributed by atoms with E-state index >= 15 is 0 Å². The zero-order chi connectivity index (χ0) is 14.2. The van der Waals surface area contributed by atoms with Crippen LogP contribution < -0.4 is 4.90 Å². The van der Waals surface area contributed by atoms with Crippen molar-refractivity contribution in [2.24, 2.45) is 5.92 Å². The van der Waals surface area contributed by atoms with E-state index in [-0.39, 0.29) is 5.92 Å². The third-order valence-corrected chi connectivity index (χ3v) is 3.94. The summed E-state index contributed by atoms with van der Waals surface area (Å²) >= 11 is 0. The molecule has 0 saturated carbocycles. The molecule has 3 nitrogen and oxygen atoms in total. The van der Waals surface area contributed by atoms with Gasteiger partial charge < -0.3 is 10.0 Å². The van der Waals surface area contributed by atoms with Gasteiger partial charge in [0.05, 0.1) is 5.92 Å². The van der Waals surface area contributed by atoms with Gasteiger partial charge in [-0.2, -0.15) is 0 Å². The Morgan fingerprint density at radius 2 is 2.11 bits per heavy atom. The molecule has 1 aliphatic rings. The summed E-state index contributed by atoms with van der Waals surface area (Å²) in [7, 11) is 0. The lowest BCUT2D eigenvalue weighted by Gasteiger charge is -2.29. The molecule has 2 rings (SSSR count). The first-order valence-electron chi connectivity index (χ1n) is 7.03. The van der Waals surface area contributed by atoms with Gasteiger partial charge in [-0.25, -0.2) is 0 Å². The number of benzene rings is 1. The molecular formula is C16H23NO2. The molecule has 1 aromatic rings. The minimum absolute atomic E-state index is 0.329. The van der Waals surface area contributed by atoms with Crippen LogP contribution in [0, 0.1) is 5.92 Å². The smallest absolute Gasteiger partial charge is 0.306 e. The Morgan fingerprint density at radius 3 is 2.68 bits per heavy atom. The highest BCUT2D eigenvalue weighted by Gasteiger charge is 2.28. The lowest BCUT2D eigenvalue weighted by atomic mass is 9.99. The number of carboxylic acid groups (broad SMARTS) is 1. The molecule has 1 heterocycles. The van der Waals surface area contributed by atoms with Crippen LogP contribution in [0.1, 0.15) is 38.8 Å². The third kappa shape index (κ3) is 2.75. The fourth-order valence-electron chi connectivity index (χ4n) is 3.03. The average molecular weight is 261 g/mol. The van der Waals surface area contributed by atoms with E-state index in [1.165, 1.54) is 11.3 Å². The predicted molar refractivity (Wildman–Crippen MR) is 77.7 cm³/mol. The molecule has 2 atom stereocenters. The summed E-state index contributed by atoms with van der Waals surface area (Å²) in [6, 6.07) is 7.43. The molecule has 0 bridgehead atoms. The van der Waals surface area contributed by atoms with Crippen LogP contribution in [0.2, 0.25) is 0 Å². The molecule has 0 fully saturated rings. The van der Waals surface area contributed by atoms with E-state index in [9.17, 15) is 4.79 Å². The van der Waals surface area contributed by atoms with Crippen molar-refractivity contribution < 1.29 is 9.90 Å². The first kappa shape index (κ1) is 13.9. The van der Waals surface area contributed by atoms with Crippen LogP contribution in [0.25, 0.3) is 0 Å². The lowest BCUT2D eigenvalue weighted by Crippen LogP contribution is -2.35. The van der Waals surface area contributed by atoms with Crippen LogP contribution in [-0.2, 0) is 17.6 Å². The topological polar surface area (TPSA) is 40.5 Å². The Hall–Kier alpha value is -1.51. The molecule has 2 unspecified atom stereocenters. The number of nitrogens with zero attached hydrogens (tertiary/aromatic N) is 1. The molecule has 19 heavy (non-hydrogen) atoms. The number of anilines is 1. The van der Waals surface area contributed by atoms with E-state index in [2.05, 4.69) is 43.9 Å². The standard InChI is InChI=1S/C16H23NO2/c1-10(2)17-12(4)8-14-6-5-13(9-15(14)17)7-11(3)16(18)19/h5-6,9-12H,7-8H2,1-4H3,(H,18,19). The van der Waals surface area contributed by atoms with E-state index in [4.69, 9.17) is 5.11 Å². The minimum atomic E-state index is -0.727. The number of carboxylic acids is 1. The minimum Gasteiger partial charge on any atom is -0.481 e. The summed E-state index contributed by atoms with van der Waals surface area (Å²) in [5, 5.41) is 9.01. The van der Waals surface area contributed by atoms with Crippen LogP contribution in [0.15, 0.2) is 18.2 Å². The van der Waals surface area contributed by atoms with Crippen LogP contribution in [0.5, 0.6) is 0 Å². The summed E-state index contributed by atoms with van der Waals surface area (Å²) in [4.78, 5) is 13.4. The van der Waals surface area contributed by atoms with Gasteiger partial charge in [0.25, 0.3) is 0 Å². The van der Waals surface area contributed by atoms with Crippen LogP contribution in [-0.4, -0.2) is 23.2 Å². The van der Waals surface area contributed by atoms with Crippen molar-refractivity contribution in [1.82, 2.24) is 0 Å². The number of rotatable bonds is 4. The zero-order valence-corrected chi connectivity index (χ0v) is 12.2. The van der Waals surface area contributed by atoms with E-state index in [1.807, 2.05) is 0 Å². The molecule has 1 aliphatic heterocycles. The number of hydrogen-bond donors (Lipinski definition) is 1. The van der Waals surface area contributed by atoms with Gasteiger partial charge in [-0.3, -0.25) is 4.79 Å². The number of carbonyl (C=O) groups is 1. The maximum absolute atomic E-state index is 11.0. The first-order valence-corrected chi connectivity index (χ1v) is 7.03. The van der Waals surface area contributed by atoms with Crippen LogP contribution >= 0.6 is 0 Å². The van der Waals surface area contributed by atoms with Gasteiger partial charge in [0.1, 0.15) is 0 Å². The van der Waals surface area contributed by atoms with Crippen molar-refractivity contribution in [1.29, 1.82) is 0 Å². The molecule has 1 N–H and O–H groups in total. The van der Waals surface area contributed by atoms with Crippen molar-refractivity contribution in [2.45, 2.75) is 52.6 Å². The van der Waals surface area contributed by atoms with Gasteiger partial charge in [-0.15, -0.1) is 0 Å². The van der Waals surface area contributed by atoms with Crippen molar-refractivity contribution in [2.75, 3.05) is 4.90 Å². The van der Waals surface area contributed by atoms with Crippen LogP contribution in [0.4, 0.5) is 5.69 Å². The largest absolute Gasteiger partial charge is 0.481 e. The monoisotopic (exact) mass is 261 g/mol. The molecule has 0 saturated heterocycles. The second kappa shape index (κ2) is 5.24. The summed E-state index contributed by atoms with van der Waals surface area (Å²) in [6.07, 6.45) is 1.69. The van der Waals surface area contributed by atoms with E-state index < -0.39 is 5.97 Å². The fourth-order valence-corrected chi connectivity index (χ4v) is 3.03. The van der Waals surface area contributed by atoms with Gasteiger partial charge in [0.2, 0.25) is 0 Å². The second-order valence-corrected chi connectivity index (χ2v) is 5.96. The molecule has 104 valence electrons. The fraction of sp³-hybridized carbons (Fsp3) is 0.562. The SMILES string of the molecule is CC(Cc1ccc2c(c1)N(C(C)C)C(C)C2)C(=O)O. The van der Waals surface area contributed by atoms with Crippen molar-refractivity contribution >= 4 is 11.7 Å². The predicted octanol–water partition coefficient (Wildman–Crippen LogP) is 3.11. The van der Waals surface area contributed by atoms with Crippen molar-refractivity contribution in [3.8, 4) is 0 Å². The number of aliphatic carboxylic acids is 1. The summed E-state index contributed by atoms with van der Waals surface area (Å²) in [5.74, 6) is -1.06. The molecule has 0 aromatic heterocycles. The maximum Gasteiger partial charge on any atom is 0.306 e. The lowest BCUT2D eigenvalue weighted by molar-refractivity contribution is -0.141. The highest BCUT2D eigenvalue weighted by Crippen LogP contribution is 2.34. The maximum atomic E-state index is 11.0. The number of hydrogen-bond acceptors (Lipinski definition) is 2. The molecular weight excluding hydrogens is 238 g/mol. The summed E-state index contributed by atoms with van der Waals surface area (Å²) < 4.78 is 0. The molecule has 0 spiro atoms. The Bertz CT molecular complexity index is 482. The molecule has 0 amide bonds. The first-order chi connectivity index (χ1) is 8.90. The van der Waals surface area contributed by atoms with Gasteiger partial charge in [-0.1, -0.05) is 19.1 Å². The molecule has 3 heteroatoms. The average Bonchev–Trinajstić information content (AvgIpc) is 2.64. The highest BCUT2D eigenvalue weighted by molar-refractivity contribution is 5.70. The summed E-state index contributed by atoms with van der Waals surface area (Å²) in [5.41, 5.74) is 3.79. The van der Waals surface area contributed by atoms with Gasteiger partial charge >= 0.3 is 5.97 Å². The zero-order valence-electron chi connectivity index (χ0n) is 12.2. The Labute approximate surface area is 115 Å². The Morgan fingerprint density at radius 1 is 1.42 bits per heavy atom. The third-order valence-electron chi connectivity index (χ3n) is 3.94. The Kier molecular flexibility index (Phi) is 3.83. The van der Waals surface area contributed by atoms with E-state index in [1.54, 1.807) is 6.92 Å². The van der Waals surface area contributed by atoms with Crippen LogP contribution in [0.3, 0.4) is 0 Å². The van der Waals surface area contributed by atoms with E-state index in [0.29, 0.717) is 18.5 Å². The van der Waals surface area contributed by atoms with Gasteiger partial charge in [0, 0.05) is 17.8 Å². The molecule has 0 aliphatic carbocycles. The van der Waals surface area contributed by atoms with Gasteiger partial charge in [0.15, 0.2) is 0 Å². The van der Waals surface area contributed by atoms with E-state index in [0.717, 1.165) is 12.0 Å². The highest BCUT2D eigenvalue weighted by atomic mass is 16.4. The molecule has 1 aromatic carbocycles. The Balaban J connectivity index is 2.26. The quantitative estimate of drug-likeness (QED) is 0.905. The van der Waals surface area contributed by atoms with Crippen molar-refractivity contribution in [3.05, 3.63) is 29.3 Å². The van der Waals surface area contributed by atoms with Gasteiger partial charge in [-0.05, 0) is 50.8 Å². The normalized spacial score (nSPS) is 19.6. The molecule has 0 radical (unpaired) electrons. The van der Waals surface area contributed by atoms with Crippen molar-refractivity contribution in [3.63, 3.8) is 0 Å². The number of fused-ring (bicyclic) bond motifs is 1. The second-order valence-electron chi connectivity index (χ2n) is 5.96. The summed E-state index contributed by atoms with van der Waals surface area (Å²) in [6.45, 7) is 8.42.